The molecule has 4 nitrogen and oxygen atoms in total. The molecule has 1 atom stereocenters. The number of aromatic nitrogens is 2. The van der Waals surface area contributed by atoms with E-state index in [1.54, 1.807) is 0 Å². The Bertz CT molecular complexity index is 379. The molecule has 0 fully saturated rings. The van der Waals surface area contributed by atoms with Crippen LogP contribution in [-0.2, 0) is 17.7 Å². The minimum absolute atomic E-state index is 0.0141. The van der Waals surface area contributed by atoms with Crippen molar-refractivity contribution in [2.75, 3.05) is 13.2 Å². The van der Waals surface area contributed by atoms with Crippen molar-refractivity contribution in [1.82, 2.24) is 15.3 Å². The molecule has 2 rings (SSSR count). The number of fused-ring (bicyclic) bond motifs is 1. The summed E-state index contributed by atoms with van der Waals surface area (Å²) in [5, 5.41) is 3.33. The van der Waals surface area contributed by atoms with Crippen LogP contribution in [0.3, 0.4) is 0 Å². The van der Waals surface area contributed by atoms with Crippen molar-refractivity contribution in [2.45, 2.75) is 39.8 Å². The molecule has 0 saturated heterocycles. The molecule has 1 aliphatic rings. The zero-order valence-corrected chi connectivity index (χ0v) is 10.9. The number of ether oxygens (including phenoxy) is 1. The van der Waals surface area contributed by atoms with Gasteiger partial charge in [0.2, 0.25) is 0 Å². The van der Waals surface area contributed by atoms with E-state index in [0.717, 1.165) is 25.3 Å². The number of rotatable bonds is 4. The number of hydrogen-bond acceptors (Lipinski definition) is 4. The van der Waals surface area contributed by atoms with Gasteiger partial charge in [0.25, 0.3) is 0 Å². The molecule has 0 amide bonds. The van der Waals surface area contributed by atoms with Crippen molar-refractivity contribution in [3.63, 3.8) is 0 Å². The molecular formula is C13H21N3O. The molecule has 17 heavy (non-hydrogen) atoms. The summed E-state index contributed by atoms with van der Waals surface area (Å²) in [5.41, 5.74) is 2.40. The second-order valence-electron chi connectivity index (χ2n) is 4.75. The molecule has 4 heteroatoms. The van der Waals surface area contributed by atoms with Crippen LogP contribution in [0.4, 0.5) is 0 Å². The molecule has 1 aromatic rings. The number of nitrogens with zero attached hydrogens (tertiary/aromatic N) is 2. The van der Waals surface area contributed by atoms with E-state index in [4.69, 9.17) is 4.74 Å². The summed E-state index contributed by atoms with van der Waals surface area (Å²) in [4.78, 5) is 9.13. The van der Waals surface area contributed by atoms with Gasteiger partial charge in [0.1, 0.15) is 6.10 Å². The molecule has 0 spiro atoms. The van der Waals surface area contributed by atoms with Gasteiger partial charge in [0, 0.05) is 43.6 Å². The van der Waals surface area contributed by atoms with E-state index in [-0.39, 0.29) is 6.10 Å². The Balaban J connectivity index is 2.25. The second-order valence-corrected chi connectivity index (χ2v) is 4.75. The van der Waals surface area contributed by atoms with E-state index in [2.05, 4.69) is 29.1 Å². The van der Waals surface area contributed by atoms with Crippen molar-refractivity contribution < 1.29 is 4.74 Å². The SMILES string of the molecule is CCOC(c1ncc2c(n1)CCNC2)C(C)C. The first-order valence-electron chi connectivity index (χ1n) is 6.39. The van der Waals surface area contributed by atoms with Crippen molar-refractivity contribution >= 4 is 0 Å². The van der Waals surface area contributed by atoms with Crippen LogP contribution in [-0.4, -0.2) is 23.1 Å². The summed E-state index contributed by atoms with van der Waals surface area (Å²) in [7, 11) is 0. The zero-order valence-electron chi connectivity index (χ0n) is 10.9. The van der Waals surface area contributed by atoms with Crippen molar-refractivity contribution in [3.05, 3.63) is 23.3 Å². The highest BCUT2D eigenvalue weighted by Crippen LogP contribution is 2.23. The van der Waals surface area contributed by atoms with Crippen molar-refractivity contribution in [1.29, 1.82) is 0 Å². The third kappa shape index (κ3) is 2.82. The Hall–Kier alpha value is -1.00. The van der Waals surface area contributed by atoms with E-state index in [1.807, 2.05) is 13.1 Å². The Kier molecular flexibility index (Phi) is 4.07. The highest BCUT2D eigenvalue weighted by molar-refractivity contribution is 5.20. The van der Waals surface area contributed by atoms with Gasteiger partial charge in [-0.1, -0.05) is 13.8 Å². The first kappa shape index (κ1) is 12.5. The third-order valence-electron chi connectivity index (χ3n) is 3.03. The lowest BCUT2D eigenvalue weighted by Gasteiger charge is -2.22. The fourth-order valence-electron chi connectivity index (χ4n) is 2.13. The van der Waals surface area contributed by atoms with E-state index >= 15 is 0 Å². The minimum atomic E-state index is 0.0141. The summed E-state index contributed by atoms with van der Waals surface area (Å²) in [6, 6.07) is 0. The van der Waals surface area contributed by atoms with Crippen LogP contribution in [0, 0.1) is 5.92 Å². The number of hydrogen-bond donors (Lipinski definition) is 1. The Morgan fingerprint density at radius 2 is 2.29 bits per heavy atom. The van der Waals surface area contributed by atoms with Gasteiger partial charge in [-0.05, 0) is 12.8 Å². The Morgan fingerprint density at radius 3 is 3.00 bits per heavy atom. The van der Waals surface area contributed by atoms with Crippen LogP contribution in [0.1, 0.15) is 44.0 Å². The molecule has 1 aromatic heterocycles. The van der Waals surface area contributed by atoms with Gasteiger partial charge in [-0.15, -0.1) is 0 Å². The highest BCUT2D eigenvalue weighted by Gasteiger charge is 2.21. The maximum Gasteiger partial charge on any atom is 0.157 e. The highest BCUT2D eigenvalue weighted by atomic mass is 16.5. The molecule has 0 aliphatic carbocycles. The van der Waals surface area contributed by atoms with Gasteiger partial charge < -0.3 is 10.1 Å². The average Bonchev–Trinajstić information content (AvgIpc) is 2.35. The summed E-state index contributed by atoms with van der Waals surface area (Å²) < 4.78 is 5.74. The van der Waals surface area contributed by atoms with Crippen LogP contribution in [0.25, 0.3) is 0 Å². The zero-order chi connectivity index (χ0) is 12.3. The minimum Gasteiger partial charge on any atom is -0.370 e. The van der Waals surface area contributed by atoms with Crippen LogP contribution < -0.4 is 5.32 Å². The van der Waals surface area contributed by atoms with Crippen LogP contribution >= 0.6 is 0 Å². The predicted molar refractivity (Wildman–Crippen MR) is 66.6 cm³/mol. The van der Waals surface area contributed by atoms with E-state index < -0.39 is 0 Å². The quantitative estimate of drug-likeness (QED) is 0.865. The summed E-state index contributed by atoms with van der Waals surface area (Å²) in [6.45, 7) is 8.89. The maximum atomic E-state index is 5.74. The predicted octanol–water partition coefficient (Wildman–Crippen LogP) is 1.86. The summed E-state index contributed by atoms with van der Waals surface area (Å²) in [5.74, 6) is 1.23. The average molecular weight is 235 g/mol. The summed E-state index contributed by atoms with van der Waals surface area (Å²) in [6.07, 6.45) is 2.94. The first-order valence-corrected chi connectivity index (χ1v) is 6.39. The molecule has 0 radical (unpaired) electrons. The summed E-state index contributed by atoms with van der Waals surface area (Å²) >= 11 is 0. The Labute approximate surface area is 103 Å². The first-order chi connectivity index (χ1) is 8.22. The molecule has 1 N–H and O–H groups in total. The van der Waals surface area contributed by atoms with Crippen LogP contribution in [0.15, 0.2) is 6.20 Å². The smallest absolute Gasteiger partial charge is 0.157 e. The number of nitrogens with one attached hydrogen (secondary N) is 1. The molecule has 0 saturated carbocycles. The topological polar surface area (TPSA) is 47.0 Å². The largest absolute Gasteiger partial charge is 0.370 e. The Morgan fingerprint density at radius 1 is 1.47 bits per heavy atom. The van der Waals surface area contributed by atoms with Crippen LogP contribution in [0.5, 0.6) is 0 Å². The van der Waals surface area contributed by atoms with Gasteiger partial charge >= 0.3 is 0 Å². The van der Waals surface area contributed by atoms with Crippen molar-refractivity contribution in [3.8, 4) is 0 Å². The van der Waals surface area contributed by atoms with Gasteiger partial charge in [0.15, 0.2) is 5.82 Å². The molecule has 1 unspecified atom stereocenters. The van der Waals surface area contributed by atoms with Crippen molar-refractivity contribution in [2.24, 2.45) is 5.92 Å². The van der Waals surface area contributed by atoms with Gasteiger partial charge in [-0.25, -0.2) is 9.97 Å². The van der Waals surface area contributed by atoms with E-state index in [9.17, 15) is 0 Å². The van der Waals surface area contributed by atoms with Crippen LogP contribution in [0.2, 0.25) is 0 Å². The lowest BCUT2D eigenvalue weighted by atomic mass is 10.0. The standard InChI is InChI=1S/C13H21N3O/c1-4-17-12(9(2)3)13-15-8-10-7-14-6-5-11(10)16-13/h8-9,12,14H,4-7H2,1-3H3. The van der Waals surface area contributed by atoms with Gasteiger partial charge in [0.05, 0.1) is 0 Å². The third-order valence-corrected chi connectivity index (χ3v) is 3.03. The van der Waals surface area contributed by atoms with Gasteiger partial charge in [-0.2, -0.15) is 0 Å². The molecule has 0 bridgehead atoms. The molecule has 0 aromatic carbocycles. The second kappa shape index (κ2) is 5.56. The van der Waals surface area contributed by atoms with E-state index in [1.165, 1.54) is 11.3 Å². The maximum absolute atomic E-state index is 5.74. The lowest BCUT2D eigenvalue weighted by molar-refractivity contribution is 0.0230. The monoisotopic (exact) mass is 235 g/mol. The normalized spacial score (nSPS) is 16.9. The molecular weight excluding hydrogens is 214 g/mol. The molecule has 94 valence electrons. The molecule has 1 aliphatic heterocycles. The van der Waals surface area contributed by atoms with Gasteiger partial charge in [-0.3, -0.25) is 0 Å². The fourth-order valence-corrected chi connectivity index (χ4v) is 2.13. The fraction of sp³-hybridized carbons (Fsp3) is 0.692. The molecule has 2 heterocycles. The lowest BCUT2D eigenvalue weighted by Crippen LogP contribution is -2.26. The van der Waals surface area contributed by atoms with E-state index in [0.29, 0.717) is 12.5 Å².